The Bertz CT molecular complexity index is 1790. The molecule has 1 saturated heterocycles. The smallest absolute Gasteiger partial charge is 0.328 e. The van der Waals surface area contributed by atoms with Gasteiger partial charge in [-0.2, -0.15) is 0 Å². The van der Waals surface area contributed by atoms with Gasteiger partial charge < -0.3 is 25.3 Å². The molecule has 0 bridgehead atoms. The number of carbonyl (C=O) groups excluding carboxylic acids is 3. The molecule has 3 N–H and O–H groups in total. The Morgan fingerprint density at radius 1 is 0.932 bits per heavy atom. The SMILES string of the molecule is COC(=O)[C@H](Cc1ccc2ccccc2c1)NC(=O)[C@@H]1CC[C@H](C(=O)NCCc2c[nH]c3ccccc23)N1c1ccncc1. The number of para-hydroxylation sites is 1. The minimum atomic E-state index is -0.878. The van der Waals surface area contributed by atoms with Gasteiger partial charge in [-0.3, -0.25) is 14.6 Å². The van der Waals surface area contributed by atoms with Gasteiger partial charge >= 0.3 is 5.97 Å². The zero-order valence-electron chi connectivity index (χ0n) is 24.5. The molecule has 1 aliphatic heterocycles. The second-order valence-electron chi connectivity index (χ2n) is 11.1. The zero-order chi connectivity index (χ0) is 30.5. The van der Waals surface area contributed by atoms with Crippen molar-refractivity contribution in [2.24, 2.45) is 0 Å². The van der Waals surface area contributed by atoms with Crippen molar-refractivity contribution < 1.29 is 19.1 Å². The standard InChI is InChI=1S/C35H35N5O4/c1-44-35(43)30(21-23-10-11-24-6-2-3-7-25(24)20-23)39-34(42)32-13-12-31(40(32)27-15-17-36-18-16-27)33(41)37-19-14-26-22-38-29-9-5-4-8-28(26)29/h2-11,15-18,20,22,30-32,38H,12-14,19,21H2,1H3,(H,37,41)(H,39,42)/t30-,31+,32-/m0/s1. The van der Waals surface area contributed by atoms with Crippen LogP contribution in [-0.4, -0.2) is 59.5 Å². The molecule has 6 rings (SSSR count). The molecule has 1 aliphatic rings. The fourth-order valence-corrected chi connectivity index (χ4v) is 6.18. The lowest BCUT2D eigenvalue weighted by Gasteiger charge is -2.31. The molecule has 1 fully saturated rings. The van der Waals surface area contributed by atoms with Crippen LogP contribution in [0.25, 0.3) is 21.7 Å². The Morgan fingerprint density at radius 2 is 1.66 bits per heavy atom. The zero-order valence-corrected chi connectivity index (χ0v) is 24.5. The van der Waals surface area contributed by atoms with Gasteiger partial charge in [-0.25, -0.2) is 4.79 Å². The average Bonchev–Trinajstić information content (AvgIpc) is 3.69. The molecule has 3 atom stereocenters. The summed E-state index contributed by atoms with van der Waals surface area (Å²) in [7, 11) is 1.32. The highest BCUT2D eigenvalue weighted by Gasteiger charge is 2.42. The lowest BCUT2D eigenvalue weighted by atomic mass is 10.0. The first kappa shape index (κ1) is 28.9. The molecule has 0 spiro atoms. The van der Waals surface area contributed by atoms with E-state index in [2.05, 4.69) is 26.7 Å². The van der Waals surface area contributed by atoms with Crippen LogP contribution in [0.4, 0.5) is 5.69 Å². The number of hydrogen-bond acceptors (Lipinski definition) is 6. The highest BCUT2D eigenvalue weighted by Crippen LogP contribution is 2.31. The normalized spacial score (nSPS) is 17.0. The molecule has 0 unspecified atom stereocenters. The van der Waals surface area contributed by atoms with Gasteiger partial charge in [0.25, 0.3) is 0 Å². The molecule has 0 saturated carbocycles. The number of hydrogen-bond donors (Lipinski definition) is 3. The van der Waals surface area contributed by atoms with Crippen molar-refractivity contribution >= 4 is 45.1 Å². The van der Waals surface area contributed by atoms with Gasteiger partial charge in [0, 0.05) is 48.1 Å². The number of benzene rings is 3. The molecule has 44 heavy (non-hydrogen) atoms. The molecular weight excluding hydrogens is 554 g/mol. The number of ether oxygens (including phenoxy) is 1. The summed E-state index contributed by atoms with van der Waals surface area (Å²) in [6.45, 7) is 0.467. The van der Waals surface area contributed by atoms with E-state index in [9.17, 15) is 14.4 Å². The fraction of sp³-hybridized carbons (Fsp3) is 0.257. The number of anilines is 1. The predicted octanol–water partition coefficient (Wildman–Crippen LogP) is 4.31. The minimum Gasteiger partial charge on any atom is -0.467 e. The third-order valence-electron chi connectivity index (χ3n) is 8.38. The van der Waals surface area contributed by atoms with Gasteiger partial charge in [-0.05, 0) is 59.4 Å². The number of nitrogens with one attached hydrogen (secondary N) is 3. The number of fused-ring (bicyclic) bond motifs is 2. The molecule has 224 valence electrons. The molecule has 0 radical (unpaired) electrons. The van der Waals surface area contributed by atoms with E-state index in [0.29, 0.717) is 25.8 Å². The third-order valence-corrected chi connectivity index (χ3v) is 8.38. The topological polar surface area (TPSA) is 116 Å². The fourth-order valence-electron chi connectivity index (χ4n) is 6.18. The van der Waals surface area contributed by atoms with Crippen molar-refractivity contribution in [1.82, 2.24) is 20.6 Å². The molecular formula is C35H35N5O4. The summed E-state index contributed by atoms with van der Waals surface area (Å²) in [5.74, 6) is -0.990. The van der Waals surface area contributed by atoms with Crippen molar-refractivity contribution in [2.75, 3.05) is 18.6 Å². The van der Waals surface area contributed by atoms with Gasteiger partial charge in [0.05, 0.1) is 7.11 Å². The van der Waals surface area contributed by atoms with Gasteiger partial charge in [-0.15, -0.1) is 0 Å². The van der Waals surface area contributed by atoms with Crippen LogP contribution in [0, 0.1) is 0 Å². The lowest BCUT2D eigenvalue weighted by Crippen LogP contribution is -2.54. The Hall–Kier alpha value is -5.18. The number of aromatic amines is 1. The van der Waals surface area contributed by atoms with Crippen LogP contribution >= 0.6 is 0 Å². The van der Waals surface area contributed by atoms with Crippen LogP contribution in [-0.2, 0) is 32.0 Å². The van der Waals surface area contributed by atoms with E-state index in [1.165, 1.54) is 7.11 Å². The van der Waals surface area contributed by atoms with Crippen LogP contribution in [0.3, 0.4) is 0 Å². The number of amides is 2. The Balaban J connectivity index is 1.16. The Labute approximate surface area is 255 Å². The largest absolute Gasteiger partial charge is 0.467 e. The van der Waals surface area contributed by atoms with E-state index < -0.39 is 24.1 Å². The molecule has 9 nitrogen and oxygen atoms in total. The summed E-state index contributed by atoms with van der Waals surface area (Å²) in [6, 6.07) is 23.6. The minimum absolute atomic E-state index is 0.141. The first-order valence-electron chi connectivity index (χ1n) is 14.9. The van der Waals surface area contributed by atoms with Crippen molar-refractivity contribution in [3.05, 3.63) is 109 Å². The predicted molar refractivity (Wildman–Crippen MR) is 170 cm³/mol. The van der Waals surface area contributed by atoms with Crippen LogP contribution in [0.5, 0.6) is 0 Å². The summed E-state index contributed by atoms with van der Waals surface area (Å²) < 4.78 is 5.07. The molecule has 3 aromatic carbocycles. The van der Waals surface area contributed by atoms with Gasteiger partial charge in [0.2, 0.25) is 11.8 Å². The summed E-state index contributed by atoms with van der Waals surface area (Å²) in [4.78, 5) is 49.4. The number of nitrogens with zero attached hydrogens (tertiary/aromatic N) is 2. The van der Waals surface area contributed by atoms with Gasteiger partial charge in [0.1, 0.15) is 18.1 Å². The third kappa shape index (κ3) is 6.13. The number of methoxy groups -OCH3 is 1. The molecule has 2 aromatic heterocycles. The average molecular weight is 590 g/mol. The second kappa shape index (κ2) is 13.0. The number of rotatable bonds is 10. The monoisotopic (exact) mass is 589 g/mol. The lowest BCUT2D eigenvalue weighted by molar-refractivity contribution is -0.145. The maximum Gasteiger partial charge on any atom is 0.328 e. The van der Waals surface area contributed by atoms with E-state index in [1.54, 1.807) is 24.5 Å². The summed E-state index contributed by atoms with van der Waals surface area (Å²) in [5, 5.41) is 9.32. The Kier molecular flexibility index (Phi) is 8.54. The van der Waals surface area contributed by atoms with Crippen LogP contribution in [0.2, 0.25) is 0 Å². The quantitative estimate of drug-likeness (QED) is 0.209. The van der Waals surface area contributed by atoms with E-state index in [4.69, 9.17) is 4.74 Å². The van der Waals surface area contributed by atoms with E-state index in [0.717, 1.165) is 38.5 Å². The second-order valence-corrected chi connectivity index (χ2v) is 11.1. The highest BCUT2D eigenvalue weighted by atomic mass is 16.5. The number of esters is 1. The van der Waals surface area contributed by atoms with Gasteiger partial charge in [-0.1, -0.05) is 60.7 Å². The van der Waals surface area contributed by atoms with Crippen LogP contribution < -0.4 is 15.5 Å². The van der Waals surface area contributed by atoms with E-state index >= 15 is 0 Å². The van der Waals surface area contributed by atoms with Crippen molar-refractivity contribution in [1.29, 1.82) is 0 Å². The molecule has 2 amide bonds. The number of carbonyl (C=O) groups is 3. The first-order chi connectivity index (χ1) is 21.5. The maximum absolute atomic E-state index is 13.8. The molecule has 0 aliphatic carbocycles. The molecule has 3 heterocycles. The summed E-state index contributed by atoms with van der Waals surface area (Å²) >= 11 is 0. The highest BCUT2D eigenvalue weighted by molar-refractivity contribution is 5.94. The van der Waals surface area contributed by atoms with Gasteiger partial charge in [0.15, 0.2) is 0 Å². The first-order valence-corrected chi connectivity index (χ1v) is 14.9. The maximum atomic E-state index is 13.8. The Morgan fingerprint density at radius 3 is 2.45 bits per heavy atom. The number of H-pyrrole nitrogens is 1. The van der Waals surface area contributed by atoms with Crippen molar-refractivity contribution in [3.8, 4) is 0 Å². The summed E-state index contributed by atoms with van der Waals surface area (Å²) in [5.41, 5.74) is 3.83. The van der Waals surface area contributed by atoms with E-state index in [1.807, 2.05) is 71.8 Å². The van der Waals surface area contributed by atoms with Crippen molar-refractivity contribution in [3.63, 3.8) is 0 Å². The van der Waals surface area contributed by atoms with E-state index in [-0.39, 0.29) is 18.2 Å². The van der Waals surface area contributed by atoms with Crippen LogP contribution in [0.15, 0.2) is 97.5 Å². The molecule has 9 heteroatoms. The van der Waals surface area contributed by atoms with Crippen LogP contribution in [0.1, 0.15) is 24.0 Å². The number of pyridine rings is 1. The number of aromatic nitrogens is 2. The summed E-state index contributed by atoms with van der Waals surface area (Å²) in [6.07, 6.45) is 7.18. The molecule has 5 aromatic rings. The van der Waals surface area contributed by atoms with Crippen molar-refractivity contribution in [2.45, 2.75) is 43.8 Å².